The first-order chi connectivity index (χ1) is 13.7. The van der Waals surface area contributed by atoms with Crippen LogP contribution in [0.2, 0.25) is 0 Å². The maximum Gasteiger partial charge on any atom is 0.270 e. The minimum Gasteiger partial charge on any atom is -0.353 e. The van der Waals surface area contributed by atoms with E-state index in [0.29, 0.717) is 31.6 Å². The summed E-state index contributed by atoms with van der Waals surface area (Å²) in [4.78, 5) is 26.9. The van der Waals surface area contributed by atoms with Gasteiger partial charge in [-0.1, -0.05) is 6.92 Å². The van der Waals surface area contributed by atoms with E-state index in [0.717, 1.165) is 32.4 Å². The Morgan fingerprint density at radius 1 is 1.17 bits per heavy atom. The molecule has 2 fully saturated rings. The zero-order valence-corrected chi connectivity index (χ0v) is 18.4. The standard InChI is InChI=1S/C20H32N4O4S/c1-4-15(2)21-19(25)16-7-11-24(12-8-16)29(27,28)17-13-18(22(3)14-17)20(26)23-9-5-6-10-23/h13-16H,4-12H2,1-3H3,(H,21,25)/t15-/m1/s1. The molecular weight excluding hydrogens is 392 g/mol. The Morgan fingerprint density at radius 2 is 1.79 bits per heavy atom. The molecule has 1 N–H and O–H groups in total. The van der Waals surface area contributed by atoms with Gasteiger partial charge in [0.2, 0.25) is 15.9 Å². The van der Waals surface area contributed by atoms with E-state index in [-0.39, 0.29) is 28.7 Å². The number of sulfonamides is 1. The Kier molecular flexibility index (Phi) is 6.68. The Bertz CT molecular complexity index is 850. The minimum absolute atomic E-state index is 0.00889. The molecule has 29 heavy (non-hydrogen) atoms. The SMILES string of the molecule is CC[C@@H](C)NC(=O)C1CCN(S(=O)(=O)c2cc(C(=O)N3CCCC3)n(C)c2)CC1. The summed E-state index contributed by atoms with van der Waals surface area (Å²) in [6.45, 7) is 6.05. The van der Waals surface area contributed by atoms with Crippen LogP contribution in [0.15, 0.2) is 17.2 Å². The highest BCUT2D eigenvalue weighted by molar-refractivity contribution is 7.89. The molecule has 2 aliphatic heterocycles. The van der Waals surface area contributed by atoms with Crippen LogP contribution in [0.4, 0.5) is 0 Å². The molecule has 9 heteroatoms. The van der Waals surface area contributed by atoms with Gasteiger partial charge in [0, 0.05) is 51.4 Å². The minimum atomic E-state index is -3.69. The second-order valence-corrected chi connectivity index (χ2v) is 10.1. The van der Waals surface area contributed by atoms with Gasteiger partial charge in [-0.2, -0.15) is 4.31 Å². The van der Waals surface area contributed by atoms with Crippen LogP contribution in [-0.4, -0.2) is 66.2 Å². The molecule has 8 nitrogen and oxygen atoms in total. The van der Waals surface area contributed by atoms with Crippen LogP contribution in [0.25, 0.3) is 0 Å². The van der Waals surface area contributed by atoms with E-state index in [4.69, 9.17) is 0 Å². The molecule has 1 aromatic heterocycles. The normalized spacial score (nSPS) is 20.0. The van der Waals surface area contributed by atoms with Crippen molar-refractivity contribution in [2.45, 2.75) is 56.9 Å². The topological polar surface area (TPSA) is 91.7 Å². The predicted octanol–water partition coefficient (Wildman–Crippen LogP) is 1.58. The average Bonchev–Trinajstić information content (AvgIpc) is 3.37. The Hall–Kier alpha value is -1.87. The van der Waals surface area contributed by atoms with Crippen LogP contribution in [0.1, 0.15) is 56.4 Å². The Morgan fingerprint density at radius 3 is 2.38 bits per heavy atom. The molecule has 0 unspecified atom stereocenters. The smallest absolute Gasteiger partial charge is 0.270 e. The van der Waals surface area contributed by atoms with Crippen LogP contribution < -0.4 is 5.32 Å². The molecule has 0 spiro atoms. The van der Waals surface area contributed by atoms with Crippen LogP contribution in [0.3, 0.4) is 0 Å². The third kappa shape index (κ3) is 4.66. The van der Waals surface area contributed by atoms with Gasteiger partial charge < -0.3 is 14.8 Å². The maximum atomic E-state index is 13.1. The number of aromatic nitrogens is 1. The lowest BCUT2D eigenvalue weighted by atomic mass is 9.97. The predicted molar refractivity (Wildman–Crippen MR) is 110 cm³/mol. The number of nitrogens with one attached hydrogen (secondary N) is 1. The van der Waals surface area contributed by atoms with Crippen molar-refractivity contribution in [2.75, 3.05) is 26.2 Å². The quantitative estimate of drug-likeness (QED) is 0.750. The summed E-state index contributed by atoms with van der Waals surface area (Å²) in [5.74, 6) is -0.264. The fourth-order valence-electron chi connectivity index (χ4n) is 3.94. The molecule has 3 rings (SSSR count). The number of carbonyl (C=O) groups is 2. The van der Waals surface area contributed by atoms with Crippen LogP contribution >= 0.6 is 0 Å². The maximum absolute atomic E-state index is 13.1. The van der Waals surface area contributed by atoms with Crippen molar-refractivity contribution in [1.29, 1.82) is 0 Å². The summed E-state index contributed by atoms with van der Waals surface area (Å²) < 4.78 is 29.2. The van der Waals surface area contributed by atoms with E-state index in [1.54, 1.807) is 16.5 Å². The number of amides is 2. The summed E-state index contributed by atoms with van der Waals surface area (Å²) in [6, 6.07) is 1.61. The van der Waals surface area contributed by atoms with Gasteiger partial charge in [-0.25, -0.2) is 8.42 Å². The number of carbonyl (C=O) groups excluding carboxylic acids is 2. The Labute approximate surface area is 173 Å². The fourth-order valence-corrected chi connectivity index (χ4v) is 5.48. The third-order valence-electron chi connectivity index (χ3n) is 6.06. The van der Waals surface area contributed by atoms with Crippen LogP contribution in [0.5, 0.6) is 0 Å². The third-order valence-corrected chi connectivity index (χ3v) is 7.92. The molecule has 1 aromatic rings. The largest absolute Gasteiger partial charge is 0.353 e. The first kappa shape index (κ1) is 21.8. The molecule has 0 bridgehead atoms. The van der Waals surface area contributed by atoms with E-state index in [2.05, 4.69) is 5.32 Å². The highest BCUT2D eigenvalue weighted by Gasteiger charge is 2.34. The van der Waals surface area contributed by atoms with E-state index in [9.17, 15) is 18.0 Å². The van der Waals surface area contributed by atoms with Gasteiger partial charge in [0.25, 0.3) is 5.91 Å². The van der Waals surface area contributed by atoms with E-state index < -0.39 is 10.0 Å². The second kappa shape index (κ2) is 8.87. The molecular formula is C20H32N4O4S. The van der Waals surface area contributed by atoms with Crippen molar-refractivity contribution < 1.29 is 18.0 Å². The molecule has 2 saturated heterocycles. The van der Waals surface area contributed by atoms with E-state index in [1.807, 2.05) is 13.8 Å². The lowest BCUT2D eigenvalue weighted by molar-refractivity contribution is -0.126. The molecule has 1 atom stereocenters. The van der Waals surface area contributed by atoms with Crippen molar-refractivity contribution in [1.82, 2.24) is 19.1 Å². The number of hydrogen-bond donors (Lipinski definition) is 1. The molecule has 0 aliphatic carbocycles. The van der Waals surface area contributed by atoms with Crippen molar-refractivity contribution in [3.8, 4) is 0 Å². The van der Waals surface area contributed by atoms with E-state index in [1.165, 1.54) is 16.6 Å². The molecule has 2 aliphatic rings. The van der Waals surface area contributed by atoms with E-state index >= 15 is 0 Å². The van der Waals surface area contributed by atoms with Crippen molar-refractivity contribution in [3.05, 3.63) is 18.0 Å². The first-order valence-corrected chi connectivity index (χ1v) is 11.9. The summed E-state index contributed by atoms with van der Waals surface area (Å²) in [7, 11) is -1.99. The first-order valence-electron chi connectivity index (χ1n) is 10.5. The zero-order chi connectivity index (χ0) is 21.2. The number of likely N-dealkylation sites (tertiary alicyclic amines) is 1. The number of aryl methyl sites for hydroxylation is 1. The highest BCUT2D eigenvalue weighted by Crippen LogP contribution is 2.26. The van der Waals surface area contributed by atoms with Gasteiger partial charge in [-0.3, -0.25) is 9.59 Å². The van der Waals surface area contributed by atoms with Gasteiger partial charge >= 0.3 is 0 Å². The number of rotatable bonds is 6. The fraction of sp³-hybridized carbons (Fsp3) is 0.700. The number of piperidine rings is 1. The van der Waals surface area contributed by atoms with Crippen LogP contribution in [0, 0.1) is 5.92 Å². The second-order valence-electron chi connectivity index (χ2n) is 8.17. The van der Waals surface area contributed by atoms with Crippen LogP contribution in [-0.2, 0) is 21.9 Å². The molecule has 0 saturated carbocycles. The lowest BCUT2D eigenvalue weighted by Crippen LogP contribution is -2.44. The lowest BCUT2D eigenvalue weighted by Gasteiger charge is -2.30. The number of nitrogens with zero attached hydrogens (tertiary/aromatic N) is 3. The van der Waals surface area contributed by atoms with Crippen molar-refractivity contribution >= 4 is 21.8 Å². The zero-order valence-electron chi connectivity index (χ0n) is 17.6. The summed E-state index contributed by atoms with van der Waals surface area (Å²) in [5, 5.41) is 2.98. The molecule has 0 radical (unpaired) electrons. The van der Waals surface area contributed by atoms with Gasteiger partial charge in [-0.05, 0) is 45.1 Å². The monoisotopic (exact) mass is 424 g/mol. The molecule has 0 aromatic carbocycles. The van der Waals surface area contributed by atoms with Crippen molar-refractivity contribution in [3.63, 3.8) is 0 Å². The highest BCUT2D eigenvalue weighted by atomic mass is 32.2. The van der Waals surface area contributed by atoms with Gasteiger partial charge in [0.1, 0.15) is 10.6 Å². The summed E-state index contributed by atoms with van der Waals surface area (Å²) >= 11 is 0. The van der Waals surface area contributed by atoms with Gasteiger partial charge in [0.05, 0.1) is 0 Å². The Balaban J connectivity index is 1.67. The van der Waals surface area contributed by atoms with Gasteiger partial charge in [0.15, 0.2) is 0 Å². The van der Waals surface area contributed by atoms with Crippen molar-refractivity contribution in [2.24, 2.45) is 13.0 Å². The molecule has 162 valence electrons. The molecule has 2 amide bonds. The summed E-state index contributed by atoms with van der Waals surface area (Å²) in [5.41, 5.74) is 0.397. The molecule has 3 heterocycles. The average molecular weight is 425 g/mol. The summed E-state index contributed by atoms with van der Waals surface area (Å²) in [6.07, 6.45) is 5.37. The number of hydrogen-bond acceptors (Lipinski definition) is 4. The van der Waals surface area contributed by atoms with Gasteiger partial charge in [-0.15, -0.1) is 0 Å².